The van der Waals surface area contributed by atoms with Crippen LogP contribution in [0.3, 0.4) is 0 Å². The Morgan fingerprint density at radius 3 is 2.63 bits per heavy atom. The first kappa shape index (κ1) is 13.0. The third kappa shape index (κ3) is 2.64. The van der Waals surface area contributed by atoms with Crippen molar-refractivity contribution in [3.63, 3.8) is 0 Å². The van der Waals surface area contributed by atoms with E-state index in [0.717, 1.165) is 18.6 Å². The number of likely N-dealkylation sites (tertiary alicyclic amines) is 1. The molecule has 1 N–H and O–H groups in total. The van der Waals surface area contributed by atoms with Gasteiger partial charge < -0.3 is 5.32 Å². The number of nitrogens with one attached hydrogen (secondary N) is 1. The monoisotopic (exact) mass is 258 g/mol. The molecule has 1 aromatic rings. The van der Waals surface area contributed by atoms with Gasteiger partial charge in [0.2, 0.25) is 0 Å². The summed E-state index contributed by atoms with van der Waals surface area (Å²) >= 11 is 0. The first-order valence-corrected chi connectivity index (χ1v) is 7.84. The second kappa shape index (κ2) is 5.54. The summed E-state index contributed by atoms with van der Waals surface area (Å²) in [4.78, 5) is 2.75. The van der Waals surface area contributed by atoms with Crippen molar-refractivity contribution in [1.29, 1.82) is 0 Å². The van der Waals surface area contributed by atoms with Crippen molar-refractivity contribution < 1.29 is 0 Å². The molecule has 0 aromatic heterocycles. The average molecular weight is 258 g/mol. The van der Waals surface area contributed by atoms with E-state index >= 15 is 0 Å². The zero-order valence-electron chi connectivity index (χ0n) is 12.2. The molecule has 2 heterocycles. The maximum absolute atomic E-state index is 3.53. The Morgan fingerprint density at radius 2 is 1.84 bits per heavy atom. The topological polar surface area (TPSA) is 15.3 Å². The SMILES string of the molecule is C[C@@H]1CCC[C@H](C)N1CC1CCNc2ccccc21. The van der Waals surface area contributed by atoms with E-state index in [2.05, 4.69) is 48.3 Å². The number of benzene rings is 1. The summed E-state index contributed by atoms with van der Waals surface area (Å²) in [6, 6.07) is 10.4. The maximum atomic E-state index is 3.53. The van der Waals surface area contributed by atoms with Crippen LogP contribution in [0, 0.1) is 0 Å². The molecule has 2 heteroatoms. The minimum absolute atomic E-state index is 0.709. The lowest BCUT2D eigenvalue weighted by molar-refractivity contribution is 0.0944. The van der Waals surface area contributed by atoms with Crippen LogP contribution in [-0.4, -0.2) is 30.1 Å². The Hall–Kier alpha value is -1.02. The lowest BCUT2D eigenvalue weighted by Gasteiger charge is -2.42. The van der Waals surface area contributed by atoms with Gasteiger partial charge >= 0.3 is 0 Å². The molecule has 0 radical (unpaired) electrons. The third-order valence-corrected chi connectivity index (χ3v) is 5.02. The molecule has 104 valence electrons. The molecule has 1 fully saturated rings. The van der Waals surface area contributed by atoms with Crippen molar-refractivity contribution in [2.75, 3.05) is 18.4 Å². The van der Waals surface area contributed by atoms with Gasteiger partial charge in [0, 0.05) is 36.8 Å². The highest BCUT2D eigenvalue weighted by molar-refractivity contribution is 5.54. The van der Waals surface area contributed by atoms with Gasteiger partial charge in [0.25, 0.3) is 0 Å². The number of rotatable bonds is 2. The van der Waals surface area contributed by atoms with Gasteiger partial charge in [-0.2, -0.15) is 0 Å². The lowest BCUT2D eigenvalue weighted by atomic mass is 9.88. The molecule has 2 aliphatic rings. The number of piperidine rings is 1. The fourth-order valence-electron chi connectivity index (χ4n) is 3.83. The molecule has 1 unspecified atom stereocenters. The summed E-state index contributed by atoms with van der Waals surface area (Å²) in [6.45, 7) is 7.17. The summed E-state index contributed by atoms with van der Waals surface area (Å²) in [6.07, 6.45) is 5.42. The normalized spacial score (nSPS) is 31.6. The van der Waals surface area contributed by atoms with Gasteiger partial charge in [0.05, 0.1) is 0 Å². The van der Waals surface area contributed by atoms with Gasteiger partial charge in [-0.05, 0) is 44.7 Å². The predicted octanol–water partition coefficient (Wildman–Crippen LogP) is 3.85. The average Bonchev–Trinajstić information content (AvgIpc) is 2.43. The number of hydrogen-bond donors (Lipinski definition) is 1. The molecule has 0 bridgehead atoms. The zero-order valence-corrected chi connectivity index (χ0v) is 12.2. The summed E-state index contributed by atoms with van der Waals surface area (Å²) in [5.41, 5.74) is 2.88. The van der Waals surface area contributed by atoms with E-state index in [9.17, 15) is 0 Å². The van der Waals surface area contributed by atoms with Gasteiger partial charge in [-0.25, -0.2) is 0 Å². The van der Waals surface area contributed by atoms with E-state index in [1.54, 1.807) is 0 Å². The Labute approximate surface area is 117 Å². The molecule has 0 saturated carbocycles. The highest BCUT2D eigenvalue weighted by Gasteiger charge is 2.29. The predicted molar refractivity (Wildman–Crippen MR) is 81.8 cm³/mol. The fraction of sp³-hybridized carbons (Fsp3) is 0.647. The minimum atomic E-state index is 0.709. The molecule has 3 atom stereocenters. The molecular weight excluding hydrogens is 232 g/mol. The second-order valence-electron chi connectivity index (χ2n) is 6.33. The van der Waals surface area contributed by atoms with Gasteiger partial charge in [0.15, 0.2) is 0 Å². The second-order valence-corrected chi connectivity index (χ2v) is 6.33. The number of fused-ring (bicyclic) bond motifs is 1. The summed E-state index contributed by atoms with van der Waals surface area (Å²) < 4.78 is 0. The van der Waals surface area contributed by atoms with Crippen molar-refractivity contribution >= 4 is 5.69 Å². The largest absolute Gasteiger partial charge is 0.385 e. The third-order valence-electron chi connectivity index (χ3n) is 5.02. The Bertz CT molecular complexity index is 419. The number of nitrogens with zero attached hydrogens (tertiary/aromatic N) is 1. The molecule has 0 spiro atoms. The summed E-state index contributed by atoms with van der Waals surface area (Å²) in [5, 5.41) is 3.53. The quantitative estimate of drug-likeness (QED) is 0.867. The van der Waals surface area contributed by atoms with Gasteiger partial charge in [-0.3, -0.25) is 4.90 Å². The van der Waals surface area contributed by atoms with Crippen LogP contribution in [0.25, 0.3) is 0 Å². The molecule has 0 aliphatic carbocycles. The van der Waals surface area contributed by atoms with Crippen molar-refractivity contribution in [2.45, 2.75) is 57.5 Å². The van der Waals surface area contributed by atoms with Crippen LogP contribution in [0.2, 0.25) is 0 Å². The molecule has 19 heavy (non-hydrogen) atoms. The summed E-state index contributed by atoms with van der Waals surface area (Å²) in [7, 11) is 0. The van der Waals surface area contributed by atoms with E-state index in [1.807, 2.05) is 0 Å². The van der Waals surface area contributed by atoms with E-state index in [4.69, 9.17) is 0 Å². The van der Waals surface area contributed by atoms with Gasteiger partial charge in [-0.15, -0.1) is 0 Å². The number of para-hydroxylation sites is 1. The van der Waals surface area contributed by atoms with Crippen LogP contribution >= 0.6 is 0 Å². The maximum Gasteiger partial charge on any atom is 0.0376 e. The molecule has 3 rings (SSSR count). The van der Waals surface area contributed by atoms with E-state index < -0.39 is 0 Å². The highest BCUT2D eigenvalue weighted by Crippen LogP contribution is 2.34. The Kier molecular flexibility index (Phi) is 3.79. The van der Waals surface area contributed by atoms with Crippen LogP contribution in [-0.2, 0) is 0 Å². The standard InChI is InChI=1S/C17H26N2/c1-13-6-5-7-14(2)19(13)12-15-10-11-18-17-9-4-3-8-16(15)17/h3-4,8-9,13-15,18H,5-7,10-12H2,1-2H3/t13-,14+,15?. The van der Waals surface area contributed by atoms with Crippen LogP contribution in [0.1, 0.15) is 51.0 Å². The van der Waals surface area contributed by atoms with Crippen LogP contribution in [0.4, 0.5) is 5.69 Å². The minimum Gasteiger partial charge on any atom is -0.385 e. The molecule has 0 amide bonds. The first-order chi connectivity index (χ1) is 9.25. The van der Waals surface area contributed by atoms with E-state index in [1.165, 1.54) is 43.5 Å². The number of hydrogen-bond acceptors (Lipinski definition) is 2. The van der Waals surface area contributed by atoms with Crippen molar-refractivity contribution in [3.05, 3.63) is 29.8 Å². The number of anilines is 1. The smallest absolute Gasteiger partial charge is 0.0376 e. The van der Waals surface area contributed by atoms with Crippen molar-refractivity contribution in [2.24, 2.45) is 0 Å². The molecule has 2 nitrogen and oxygen atoms in total. The van der Waals surface area contributed by atoms with Crippen LogP contribution in [0.5, 0.6) is 0 Å². The van der Waals surface area contributed by atoms with Crippen LogP contribution < -0.4 is 5.32 Å². The summed E-state index contributed by atoms with van der Waals surface area (Å²) in [5.74, 6) is 0.709. The molecular formula is C17H26N2. The van der Waals surface area contributed by atoms with E-state index in [0.29, 0.717) is 5.92 Å². The highest BCUT2D eigenvalue weighted by atomic mass is 15.2. The Balaban J connectivity index is 1.77. The van der Waals surface area contributed by atoms with E-state index in [-0.39, 0.29) is 0 Å². The molecule has 1 saturated heterocycles. The molecule has 1 aromatic carbocycles. The first-order valence-electron chi connectivity index (χ1n) is 7.84. The molecule has 2 aliphatic heterocycles. The zero-order chi connectivity index (χ0) is 13.2. The lowest BCUT2D eigenvalue weighted by Crippen LogP contribution is -2.46. The van der Waals surface area contributed by atoms with Crippen LogP contribution in [0.15, 0.2) is 24.3 Å². The van der Waals surface area contributed by atoms with Crippen molar-refractivity contribution in [3.8, 4) is 0 Å². The Morgan fingerprint density at radius 1 is 1.11 bits per heavy atom. The van der Waals surface area contributed by atoms with Crippen molar-refractivity contribution in [1.82, 2.24) is 4.90 Å². The van der Waals surface area contributed by atoms with Gasteiger partial charge in [0.1, 0.15) is 0 Å². The fourth-order valence-corrected chi connectivity index (χ4v) is 3.83. The van der Waals surface area contributed by atoms with Gasteiger partial charge in [-0.1, -0.05) is 24.6 Å².